The second-order valence-electron chi connectivity index (χ2n) is 20.8. The average Bonchev–Trinajstić information content (AvgIpc) is 3.32. The third-order valence-corrected chi connectivity index (χ3v) is 11.7. The van der Waals surface area contributed by atoms with Crippen molar-refractivity contribution in [2.24, 2.45) is 21.5 Å². The molecule has 0 atom stereocenters. The summed E-state index contributed by atoms with van der Waals surface area (Å²) in [4.78, 5) is 71.0. The van der Waals surface area contributed by atoms with Gasteiger partial charge in [-0.15, -0.1) is 24.8 Å². The molecule has 2 aromatic heterocycles. The maximum absolute atomic E-state index is 12.8. The van der Waals surface area contributed by atoms with Gasteiger partial charge in [0.05, 0.1) is 22.4 Å². The van der Waals surface area contributed by atoms with Crippen molar-refractivity contribution in [2.75, 3.05) is 62.2 Å². The third kappa shape index (κ3) is 17.9. The molecule has 8 rings (SSSR count). The predicted molar refractivity (Wildman–Crippen MR) is 312 cm³/mol. The number of halogens is 4. The Morgan fingerprint density at radius 3 is 1.48 bits per heavy atom. The summed E-state index contributed by atoms with van der Waals surface area (Å²) in [5.41, 5.74) is 15.5. The van der Waals surface area contributed by atoms with E-state index >= 15 is 0 Å². The summed E-state index contributed by atoms with van der Waals surface area (Å²) in [6, 6.07) is 27.0. The average molecular weight is 1140 g/mol. The van der Waals surface area contributed by atoms with E-state index in [1.807, 2.05) is 57.2 Å². The number of benzene rings is 4. The highest BCUT2D eigenvalue weighted by atomic mass is 35.5. The lowest BCUT2D eigenvalue weighted by Crippen LogP contribution is -2.50. The molecule has 77 heavy (non-hydrogen) atoms. The van der Waals surface area contributed by atoms with Gasteiger partial charge in [0.1, 0.15) is 29.1 Å². The number of carbonyl (C=O) groups excluding carboxylic acids is 3. The van der Waals surface area contributed by atoms with E-state index in [-0.39, 0.29) is 61.0 Å². The Labute approximate surface area is 471 Å². The van der Waals surface area contributed by atoms with Crippen LogP contribution in [0.3, 0.4) is 0 Å². The van der Waals surface area contributed by atoms with Crippen LogP contribution in [-0.4, -0.2) is 124 Å². The van der Waals surface area contributed by atoms with Crippen molar-refractivity contribution in [2.45, 2.75) is 85.5 Å². The van der Waals surface area contributed by atoms with Crippen LogP contribution in [0, 0.1) is 0 Å². The number of nitrogens with two attached hydrogens (primary N) is 2. The number of amides is 2. The van der Waals surface area contributed by atoms with Crippen LogP contribution >= 0.6 is 48.0 Å². The number of aliphatic imine (C=N–C) groups is 2. The maximum atomic E-state index is 12.8. The second kappa shape index (κ2) is 26.0. The number of nitrogens with zero attached hydrogens (tertiary/aromatic N) is 9. The van der Waals surface area contributed by atoms with Gasteiger partial charge in [0, 0.05) is 95.7 Å². The molecule has 2 saturated heterocycles. The zero-order chi connectivity index (χ0) is 54.2. The number of guanidine groups is 1. The fraction of sp³-hybridized carbons (Fsp3) is 0.389. The summed E-state index contributed by atoms with van der Waals surface area (Å²) in [5.74, 6) is -0.447. The first-order valence-corrected chi connectivity index (χ1v) is 25.3. The number of nitrogens with one attached hydrogen (secondary N) is 2. The highest BCUT2D eigenvalue weighted by Crippen LogP contribution is 2.34. The van der Waals surface area contributed by atoms with Crippen LogP contribution in [0.5, 0.6) is 0 Å². The van der Waals surface area contributed by atoms with Crippen molar-refractivity contribution in [3.63, 3.8) is 0 Å². The number of aromatic nitrogens is 4. The number of hydrogen-bond donors (Lipinski definition) is 4. The summed E-state index contributed by atoms with van der Waals surface area (Å²) in [6.07, 6.45) is -1.43. The molecular weight excluding hydrogens is 1070 g/mol. The summed E-state index contributed by atoms with van der Waals surface area (Å²) in [7, 11) is 0. The van der Waals surface area contributed by atoms with Gasteiger partial charge in [-0.3, -0.25) is 10.1 Å². The van der Waals surface area contributed by atoms with Crippen molar-refractivity contribution >= 4 is 123 Å². The number of anilines is 2. The smallest absolute Gasteiger partial charge is 0.413 e. The molecule has 412 valence electrons. The normalized spacial score (nSPS) is 14.1. The van der Waals surface area contributed by atoms with E-state index in [1.165, 1.54) is 5.69 Å². The highest BCUT2D eigenvalue weighted by Gasteiger charge is 2.27. The summed E-state index contributed by atoms with van der Waals surface area (Å²) < 4.78 is 16.4. The Kier molecular flexibility index (Phi) is 20.7. The van der Waals surface area contributed by atoms with Crippen molar-refractivity contribution in [3.8, 4) is 22.5 Å². The number of esters is 1. The summed E-state index contributed by atoms with van der Waals surface area (Å²) >= 11 is 12.6. The Balaban J connectivity index is 0.000000318. The predicted octanol–water partition coefficient (Wildman–Crippen LogP) is 10.4. The molecule has 23 heteroatoms. The quantitative estimate of drug-likeness (QED) is 0.0480. The van der Waals surface area contributed by atoms with Crippen molar-refractivity contribution in [3.05, 3.63) is 95.0 Å². The van der Waals surface area contributed by atoms with E-state index in [2.05, 4.69) is 69.6 Å². The Bertz CT molecular complexity index is 3060. The van der Waals surface area contributed by atoms with Crippen LogP contribution in [0.25, 0.3) is 44.3 Å². The number of carbonyl (C=O) groups is 3. The van der Waals surface area contributed by atoms with Crippen LogP contribution in [0.15, 0.2) is 94.9 Å². The number of rotatable bonds is 8. The molecule has 2 amide bonds. The molecule has 19 nitrogen and oxygen atoms in total. The monoisotopic (exact) mass is 1130 g/mol. The third-order valence-electron chi connectivity index (χ3n) is 11.2. The lowest BCUT2D eigenvalue weighted by Gasteiger charge is -2.36. The van der Waals surface area contributed by atoms with E-state index in [1.54, 1.807) is 70.7 Å². The van der Waals surface area contributed by atoms with Crippen LogP contribution in [-0.2, 0) is 19.0 Å². The molecule has 4 heterocycles. The molecule has 6 aromatic rings. The minimum absolute atomic E-state index is 0. The number of alkyl carbamates (subject to hydrolysis) is 1. The number of ether oxygens (including phenoxy) is 3. The van der Waals surface area contributed by atoms with Crippen LogP contribution in [0.1, 0.15) is 68.7 Å². The zero-order valence-electron chi connectivity index (χ0n) is 44.6. The van der Waals surface area contributed by atoms with Gasteiger partial charge in [0.25, 0.3) is 11.9 Å². The number of hydrogen-bond acceptors (Lipinski definition) is 15. The molecule has 2 fully saturated rings. The molecule has 0 spiro atoms. The molecule has 0 radical (unpaired) electrons. The van der Waals surface area contributed by atoms with Gasteiger partial charge in [0.2, 0.25) is 0 Å². The van der Waals surface area contributed by atoms with Gasteiger partial charge in [-0.2, -0.15) is 9.98 Å². The molecule has 0 unspecified atom stereocenters. The molecule has 0 saturated carbocycles. The van der Waals surface area contributed by atoms with Crippen molar-refractivity contribution in [1.82, 2.24) is 35.5 Å². The number of fused-ring (bicyclic) bond motifs is 2. The van der Waals surface area contributed by atoms with Crippen LogP contribution < -0.4 is 31.9 Å². The van der Waals surface area contributed by atoms with E-state index in [0.717, 1.165) is 59.6 Å². The molecule has 0 aliphatic carbocycles. The van der Waals surface area contributed by atoms with Crippen LogP contribution in [0.4, 0.5) is 32.9 Å². The minimum Gasteiger partial charge on any atom is -0.460 e. The molecule has 6 N–H and O–H groups in total. The molecule has 2 aliphatic heterocycles. The van der Waals surface area contributed by atoms with Gasteiger partial charge in [-0.05, 0) is 123 Å². The lowest BCUT2D eigenvalue weighted by atomic mass is 10.1. The first-order chi connectivity index (χ1) is 35.3. The fourth-order valence-electron chi connectivity index (χ4n) is 8.06. The Hall–Kier alpha value is -6.77. The van der Waals surface area contributed by atoms with E-state index in [9.17, 15) is 14.4 Å². The summed E-state index contributed by atoms with van der Waals surface area (Å²) in [5, 5.41) is 8.63. The highest BCUT2D eigenvalue weighted by molar-refractivity contribution is 6.32. The second-order valence-corrected chi connectivity index (χ2v) is 21.7. The first kappa shape index (κ1) is 61.1. The van der Waals surface area contributed by atoms with Crippen molar-refractivity contribution in [1.29, 1.82) is 0 Å². The van der Waals surface area contributed by atoms with Gasteiger partial charge in [-0.25, -0.2) is 29.5 Å². The molecule has 0 bridgehead atoms. The van der Waals surface area contributed by atoms with Gasteiger partial charge in [-0.1, -0.05) is 47.5 Å². The minimum atomic E-state index is -0.778. The summed E-state index contributed by atoms with van der Waals surface area (Å²) in [6.45, 7) is 22.5. The van der Waals surface area contributed by atoms with Gasteiger partial charge >= 0.3 is 18.2 Å². The van der Waals surface area contributed by atoms with Gasteiger partial charge < -0.3 is 45.7 Å². The SMILES string of the molecule is CC(C)(C)OC(=O)CC(=Nc1nc(-c2ccc(N3CCN(C(=O)OC(C)(C)C)CC3)cc2)c2cc(Cl)ccc2n1)NC(=O)OC(C)(C)C.Cl.Cl.NC(N)=Nc1nc(-c2ccc(N3CCNCC3)cc2)c2cc(Cl)ccc2n1. The zero-order valence-corrected chi connectivity index (χ0v) is 47.8. The molecular formula is C54H67Cl4N13O6. The van der Waals surface area contributed by atoms with Gasteiger partial charge in [0.15, 0.2) is 5.96 Å². The van der Waals surface area contributed by atoms with Crippen molar-refractivity contribution < 1.29 is 28.6 Å². The molecule has 4 aromatic carbocycles. The van der Waals surface area contributed by atoms with E-state index in [4.69, 9.17) is 53.9 Å². The Morgan fingerprint density at radius 1 is 0.597 bits per heavy atom. The standard InChI is InChI=1S/C35H45ClN6O6.C19H20ClN7.2ClH/c1-33(2,3)46-28(43)21-27(39-31(44)47-34(4,5)6)38-30-37-26-15-12-23(36)20-25(26)29(40-30)22-10-13-24(14-11-22)41-16-18-42(19-17-41)32(45)48-35(7,8)9;20-13-3-6-16-15(11-13)17(25-19(24-16)26-18(21)22)12-1-4-14(5-2-12)27-9-7-23-8-10-27;;/h10-15,20H,16-19,21H2,1-9H3,(H,37,38,39,40,44);1-6,11,23H,7-10H2,(H4,21,22,24,25,26);2*1H. The largest absolute Gasteiger partial charge is 0.460 e. The number of piperazine rings is 2. The Morgan fingerprint density at radius 2 is 1.04 bits per heavy atom. The maximum Gasteiger partial charge on any atom is 0.413 e. The topological polar surface area (TPSA) is 241 Å². The first-order valence-electron chi connectivity index (χ1n) is 24.6. The lowest BCUT2D eigenvalue weighted by molar-refractivity contribution is -0.153. The fourth-order valence-corrected chi connectivity index (χ4v) is 8.40. The molecule has 2 aliphatic rings. The van der Waals surface area contributed by atoms with Crippen LogP contribution in [0.2, 0.25) is 10.0 Å². The van der Waals surface area contributed by atoms with E-state index in [0.29, 0.717) is 52.8 Å². The van der Waals surface area contributed by atoms with E-state index < -0.39 is 28.9 Å². The number of amidine groups is 1.